The Morgan fingerprint density at radius 1 is 1.00 bits per heavy atom. The number of nitrogens with zero attached hydrogens (tertiary/aromatic N) is 3. The van der Waals surface area contributed by atoms with Crippen LogP contribution < -0.4 is 10.6 Å². The minimum Gasteiger partial charge on any atom is -0.352 e. The molecule has 2 N–H and O–H groups in total. The van der Waals surface area contributed by atoms with E-state index in [2.05, 4.69) is 68.4 Å². The highest BCUT2D eigenvalue weighted by molar-refractivity contribution is 9.10. The summed E-state index contributed by atoms with van der Waals surface area (Å²) in [4.78, 5) is 13.6. The Balaban J connectivity index is 2.00. The second kappa shape index (κ2) is 7.61. The molecular formula is C19H20BrN5. The van der Waals surface area contributed by atoms with Crippen molar-refractivity contribution in [3.63, 3.8) is 0 Å². The number of benzene rings is 1. The lowest BCUT2D eigenvalue weighted by molar-refractivity contribution is 0.875. The van der Waals surface area contributed by atoms with Gasteiger partial charge in [-0.25, -0.2) is 4.98 Å². The van der Waals surface area contributed by atoms with E-state index in [1.165, 1.54) is 0 Å². The SMILES string of the molecule is Cc1cc(Br)ccc1Nc1cc(-c2ccccn2)nc(NC(C)C)n1. The van der Waals surface area contributed by atoms with Crippen LogP contribution in [0.5, 0.6) is 0 Å². The van der Waals surface area contributed by atoms with Gasteiger partial charge in [0.1, 0.15) is 5.82 Å². The molecule has 0 aliphatic rings. The fraction of sp³-hybridized carbons (Fsp3) is 0.211. The van der Waals surface area contributed by atoms with Crippen LogP contribution in [0.3, 0.4) is 0 Å². The van der Waals surface area contributed by atoms with E-state index in [9.17, 15) is 0 Å². The van der Waals surface area contributed by atoms with Crippen molar-refractivity contribution in [2.24, 2.45) is 0 Å². The topological polar surface area (TPSA) is 62.7 Å². The third-order valence-corrected chi connectivity index (χ3v) is 4.02. The molecular weight excluding hydrogens is 378 g/mol. The van der Waals surface area contributed by atoms with E-state index in [1.807, 2.05) is 36.4 Å². The monoisotopic (exact) mass is 397 g/mol. The maximum absolute atomic E-state index is 4.59. The van der Waals surface area contributed by atoms with Crippen molar-refractivity contribution in [2.75, 3.05) is 10.6 Å². The zero-order chi connectivity index (χ0) is 17.8. The molecule has 2 heterocycles. The first-order chi connectivity index (χ1) is 12.0. The fourth-order valence-corrected chi connectivity index (χ4v) is 2.86. The summed E-state index contributed by atoms with van der Waals surface area (Å²) >= 11 is 3.49. The van der Waals surface area contributed by atoms with Gasteiger partial charge in [-0.1, -0.05) is 22.0 Å². The Hall–Kier alpha value is -2.47. The summed E-state index contributed by atoms with van der Waals surface area (Å²) in [6.07, 6.45) is 1.76. The molecule has 0 aliphatic heterocycles. The number of aromatic nitrogens is 3. The van der Waals surface area contributed by atoms with Crippen LogP contribution >= 0.6 is 15.9 Å². The van der Waals surface area contributed by atoms with E-state index in [0.717, 1.165) is 32.9 Å². The second-order valence-corrected chi connectivity index (χ2v) is 6.98. The molecule has 0 saturated carbocycles. The van der Waals surface area contributed by atoms with Gasteiger partial charge < -0.3 is 10.6 Å². The van der Waals surface area contributed by atoms with Crippen molar-refractivity contribution < 1.29 is 0 Å². The van der Waals surface area contributed by atoms with E-state index in [4.69, 9.17) is 0 Å². The molecule has 0 unspecified atom stereocenters. The Bertz CT molecular complexity index is 865. The van der Waals surface area contributed by atoms with Crippen LogP contribution in [0, 0.1) is 6.92 Å². The van der Waals surface area contributed by atoms with Gasteiger partial charge in [0.05, 0.1) is 11.4 Å². The van der Waals surface area contributed by atoms with Gasteiger partial charge in [0.25, 0.3) is 0 Å². The molecule has 3 aromatic rings. The predicted octanol–water partition coefficient (Wildman–Crippen LogP) is 5.17. The van der Waals surface area contributed by atoms with E-state index < -0.39 is 0 Å². The lowest BCUT2D eigenvalue weighted by Crippen LogP contribution is -2.13. The van der Waals surface area contributed by atoms with Crippen molar-refractivity contribution in [2.45, 2.75) is 26.8 Å². The summed E-state index contributed by atoms with van der Waals surface area (Å²) < 4.78 is 1.05. The Kier molecular flexibility index (Phi) is 5.28. The number of rotatable bonds is 5. The third-order valence-electron chi connectivity index (χ3n) is 3.52. The summed E-state index contributed by atoms with van der Waals surface area (Å²) in [6.45, 7) is 6.17. The first kappa shape index (κ1) is 17.4. The lowest BCUT2D eigenvalue weighted by atomic mass is 10.2. The number of halogens is 1. The van der Waals surface area contributed by atoms with Gasteiger partial charge in [-0.05, 0) is 56.7 Å². The molecule has 5 nitrogen and oxygen atoms in total. The maximum atomic E-state index is 4.59. The molecule has 128 valence electrons. The number of anilines is 3. The quantitative estimate of drug-likeness (QED) is 0.621. The minimum absolute atomic E-state index is 0.237. The van der Waals surface area contributed by atoms with Crippen LogP contribution in [-0.2, 0) is 0 Å². The highest BCUT2D eigenvalue weighted by Crippen LogP contribution is 2.26. The Morgan fingerprint density at radius 3 is 2.52 bits per heavy atom. The van der Waals surface area contributed by atoms with Crippen molar-refractivity contribution in [1.29, 1.82) is 0 Å². The fourth-order valence-electron chi connectivity index (χ4n) is 2.38. The van der Waals surface area contributed by atoms with Gasteiger partial charge in [-0.2, -0.15) is 4.98 Å². The average Bonchev–Trinajstić information content (AvgIpc) is 2.57. The molecule has 0 saturated heterocycles. The maximum Gasteiger partial charge on any atom is 0.225 e. The van der Waals surface area contributed by atoms with Gasteiger partial charge in [-0.15, -0.1) is 0 Å². The Labute approximate surface area is 156 Å². The molecule has 0 amide bonds. The van der Waals surface area contributed by atoms with Crippen molar-refractivity contribution in [3.8, 4) is 11.4 Å². The van der Waals surface area contributed by atoms with Crippen LogP contribution in [0.4, 0.5) is 17.5 Å². The van der Waals surface area contributed by atoms with Crippen molar-refractivity contribution >= 4 is 33.4 Å². The molecule has 0 bridgehead atoms. The largest absolute Gasteiger partial charge is 0.352 e. The number of hydrogen-bond donors (Lipinski definition) is 2. The first-order valence-corrected chi connectivity index (χ1v) is 8.91. The molecule has 1 aromatic carbocycles. The molecule has 6 heteroatoms. The lowest BCUT2D eigenvalue weighted by Gasteiger charge is -2.14. The summed E-state index contributed by atoms with van der Waals surface area (Å²) in [5, 5.41) is 6.65. The molecule has 0 radical (unpaired) electrons. The van der Waals surface area contributed by atoms with Gasteiger partial charge in [-0.3, -0.25) is 4.98 Å². The minimum atomic E-state index is 0.237. The normalized spacial score (nSPS) is 10.8. The highest BCUT2D eigenvalue weighted by atomic mass is 79.9. The van der Waals surface area contributed by atoms with Crippen LogP contribution in [0.1, 0.15) is 19.4 Å². The number of pyridine rings is 1. The molecule has 2 aromatic heterocycles. The highest BCUT2D eigenvalue weighted by Gasteiger charge is 2.10. The summed E-state index contributed by atoms with van der Waals surface area (Å²) in [5.74, 6) is 1.31. The number of hydrogen-bond acceptors (Lipinski definition) is 5. The number of nitrogens with one attached hydrogen (secondary N) is 2. The van der Waals surface area contributed by atoms with Gasteiger partial charge in [0, 0.05) is 28.5 Å². The zero-order valence-electron chi connectivity index (χ0n) is 14.4. The van der Waals surface area contributed by atoms with Crippen LogP contribution in [0.15, 0.2) is 53.1 Å². The molecule has 0 aliphatic carbocycles. The van der Waals surface area contributed by atoms with E-state index in [1.54, 1.807) is 6.20 Å². The van der Waals surface area contributed by atoms with E-state index in [0.29, 0.717) is 5.95 Å². The van der Waals surface area contributed by atoms with Gasteiger partial charge in [0.15, 0.2) is 0 Å². The van der Waals surface area contributed by atoms with Crippen LogP contribution in [-0.4, -0.2) is 21.0 Å². The molecule has 25 heavy (non-hydrogen) atoms. The number of aryl methyl sites for hydroxylation is 1. The first-order valence-electron chi connectivity index (χ1n) is 8.11. The predicted molar refractivity (Wildman–Crippen MR) is 106 cm³/mol. The van der Waals surface area contributed by atoms with Crippen molar-refractivity contribution in [1.82, 2.24) is 15.0 Å². The molecule has 0 fully saturated rings. The summed E-state index contributed by atoms with van der Waals surface area (Å²) in [5.41, 5.74) is 3.72. The summed E-state index contributed by atoms with van der Waals surface area (Å²) in [7, 11) is 0. The zero-order valence-corrected chi connectivity index (χ0v) is 16.0. The van der Waals surface area contributed by atoms with Gasteiger partial charge >= 0.3 is 0 Å². The van der Waals surface area contributed by atoms with E-state index >= 15 is 0 Å². The smallest absolute Gasteiger partial charge is 0.225 e. The molecule has 0 atom stereocenters. The average molecular weight is 398 g/mol. The molecule has 0 spiro atoms. The van der Waals surface area contributed by atoms with Crippen LogP contribution in [0.25, 0.3) is 11.4 Å². The Morgan fingerprint density at radius 2 is 1.84 bits per heavy atom. The van der Waals surface area contributed by atoms with E-state index in [-0.39, 0.29) is 6.04 Å². The third kappa shape index (κ3) is 4.54. The second-order valence-electron chi connectivity index (χ2n) is 6.06. The van der Waals surface area contributed by atoms with Crippen molar-refractivity contribution in [3.05, 3.63) is 58.7 Å². The molecule has 3 rings (SSSR count). The van der Waals surface area contributed by atoms with Crippen LogP contribution in [0.2, 0.25) is 0 Å². The summed E-state index contributed by atoms with van der Waals surface area (Å²) in [6, 6.07) is 14.0. The van der Waals surface area contributed by atoms with Gasteiger partial charge in [0.2, 0.25) is 5.95 Å². The standard InChI is InChI=1S/C19H20BrN5/c1-12(2)22-19-24-17(16-6-4-5-9-21-16)11-18(25-19)23-15-8-7-14(20)10-13(15)3/h4-12H,1-3H3,(H2,22,23,24,25).